The second-order valence-electron chi connectivity index (χ2n) is 9.01. The number of carbonyl (C=O) groups excluding carboxylic acids is 2. The minimum absolute atomic E-state index is 0.00386. The van der Waals surface area contributed by atoms with Crippen LogP contribution in [0.2, 0.25) is 0 Å². The molecule has 1 N–H and O–H groups in total. The van der Waals surface area contributed by atoms with Crippen LogP contribution in [0.1, 0.15) is 19.3 Å². The molecular weight excluding hydrogens is 388 g/mol. The Kier molecular flexibility index (Phi) is 5.64. The summed E-state index contributed by atoms with van der Waals surface area (Å²) in [4.78, 5) is 32.0. The van der Waals surface area contributed by atoms with Crippen LogP contribution >= 0.6 is 0 Å². The minimum Gasteiger partial charge on any atom is -0.369 e. The van der Waals surface area contributed by atoms with E-state index >= 15 is 0 Å². The number of nitrogens with one attached hydrogen (secondary N) is 1. The fraction of sp³-hybridized carbons (Fsp3) is 0.440. The van der Waals surface area contributed by atoms with Crippen molar-refractivity contribution in [1.82, 2.24) is 4.90 Å². The lowest BCUT2D eigenvalue weighted by molar-refractivity contribution is -0.122. The van der Waals surface area contributed by atoms with Crippen molar-refractivity contribution in [2.75, 3.05) is 54.4 Å². The van der Waals surface area contributed by atoms with Gasteiger partial charge in [0.1, 0.15) is 0 Å². The van der Waals surface area contributed by atoms with Crippen molar-refractivity contribution >= 4 is 28.9 Å². The third-order valence-electron chi connectivity index (χ3n) is 6.63. The maximum Gasteiger partial charge on any atom is 0.229 e. The van der Waals surface area contributed by atoms with Gasteiger partial charge in [-0.1, -0.05) is 24.3 Å². The summed E-state index contributed by atoms with van der Waals surface area (Å²) in [7, 11) is 0. The van der Waals surface area contributed by atoms with Gasteiger partial charge in [-0.2, -0.15) is 0 Å². The van der Waals surface area contributed by atoms with E-state index in [9.17, 15) is 9.59 Å². The molecule has 6 heteroatoms. The molecule has 162 valence electrons. The monoisotopic (exact) mass is 418 g/mol. The first-order valence-corrected chi connectivity index (χ1v) is 11.4. The molecule has 1 saturated carbocycles. The molecular formula is C25H30N4O2. The van der Waals surface area contributed by atoms with Gasteiger partial charge in [0, 0.05) is 62.8 Å². The Balaban J connectivity index is 1.18. The van der Waals surface area contributed by atoms with Crippen LogP contribution in [0, 0.1) is 11.8 Å². The van der Waals surface area contributed by atoms with Crippen molar-refractivity contribution < 1.29 is 9.59 Å². The number of amides is 2. The Morgan fingerprint density at radius 3 is 2.42 bits per heavy atom. The Morgan fingerprint density at radius 2 is 1.68 bits per heavy atom. The second-order valence-corrected chi connectivity index (χ2v) is 9.01. The first kappa shape index (κ1) is 20.1. The molecule has 5 rings (SSSR count). The zero-order chi connectivity index (χ0) is 21.2. The van der Waals surface area contributed by atoms with Gasteiger partial charge in [0.25, 0.3) is 0 Å². The van der Waals surface area contributed by atoms with Crippen molar-refractivity contribution in [3.05, 3.63) is 54.6 Å². The number of rotatable bonds is 6. The number of carbonyl (C=O) groups is 2. The highest BCUT2D eigenvalue weighted by Crippen LogP contribution is 2.30. The van der Waals surface area contributed by atoms with Crippen LogP contribution in [0.25, 0.3) is 0 Å². The number of para-hydroxylation sites is 1. The Morgan fingerprint density at radius 1 is 0.935 bits per heavy atom. The molecule has 2 aromatic carbocycles. The van der Waals surface area contributed by atoms with Crippen LogP contribution < -0.4 is 15.1 Å². The van der Waals surface area contributed by atoms with E-state index in [-0.39, 0.29) is 24.2 Å². The van der Waals surface area contributed by atoms with Gasteiger partial charge in [-0.25, -0.2) is 0 Å². The zero-order valence-corrected chi connectivity index (χ0v) is 17.9. The minimum atomic E-state index is -0.331. The molecule has 0 unspecified atom stereocenters. The highest BCUT2D eigenvalue weighted by atomic mass is 16.2. The average molecular weight is 419 g/mol. The van der Waals surface area contributed by atoms with Gasteiger partial charge in [0.2, 0.25) is 11.8 Å². The van der Waals surface area contributed by atoms with Crippen molar-refractivity contribution in [2.45, 2.75) is 19.3 Å². The summed E-state index contributed by atoms with van der Waals surface area (Å²) in [5, 5.41) is 3.04. The van der Waals surface area contributed by atoms with E-state index in [0.29, 0.717) is 6.54 Å². The highest BCUT2D eigenvalue weighted by Gasteiger charge is 2.35. The van der Waals surface area contributed by atoms with E-state index in [0.717, 1.165) is 49.2 Å². The molecule has 1 aliphatic carbocycles. The highest BCUT2D eigenvalue weighted by molar-refractivity contribution is 6.03. The van der Waals surface area contributed by atoms with E-state index in [1.807, 2.05) is 42.5 Å². The van der Waals surface area contributed by atoms with Crippen LogP contribution in [-0.2, 0) is 9.59 Å². The lowest BCUT2D eigenvalue weighted by atomic mass is 10.1. The SMILES string of the molecule is O=C(Nc1cccc(N2CCN(CC3CC3)CC2)c1)[C@H]1CC(=O)N(c2ccccc2)C1. The Bertz CT molecular complexity index is 936. The van der Waals surface area contributed by atoms with Crippen molar-refractivity contribution in [3.63, 3.8) is 0 Å². The largest absolute Gasteiger partial charge is 0.369 e. The van der Waals surface area contributed by atoms with Crippen molar-refractivity contribution in [3.8, 4) is 0 Å². The summed E-state index contributed by atoms with van der Waals surface area (Å²) in [6.45, 7) is 5.93. The van der Waals surface area contributed by atoms with Gasteiger partial charge in [0.15, 0.2) is 0 Å². The molecule has 2 heterocycles. The number of nitrogens with zero attached hydrogens (tertiary/aromatic N) is 3. The van der Waals surface area contributed by atoms with E-state index in [4.69, 9.17) is 0 Å². The van der Waals surface area contributed by atoms with Gasteiger partial charge < -0.3 is 15.1 Å². The topological polar surface area (TPSA) is 55.9 Å². The van der Waals surface area contributed by atoms with Crippen molar-refractivity contribution in [1.29, 1.82) is 0 Å². The number of anilines is 3. The summed E-state index contributed by atoms with van der Waals surface area (Å²) in [6, 6.07) is 17.7. The van der Waals surface area contributed by atoms with E-state index < -0.39 is 0 Å². The standard InChI is InChI=1S/C25H30N4O2/c30-24-15-20(18-29(24)22-6-2-1-3-7-22)25(31)26-21-5-4-8-23(16-21)28-13-11-27(12-14-28)17-19-9-10-19/h1-8,16,19-20H,9-15,17-18H2,(H,26,31)/t20-/m0/s1. The summed E-state index contributed by atoms with van der Waals surface area (Å²) in [6.07, 6.45) is 3.05. The van der Waals surface area contributed by atoms with Crippen LogP contribution in [0.15, 0.2) is 54.6 Å². The smallest absolute Gasteiger partial charge is 0.229 e. The molecule has 0 spiro atoms. The molecule has 0 aromatic heterocycles. The first-order valence-electron chi connectivity index (χ1n) is 11.4. The third-order valence-corrected chi connectivity index (χ3v) is 6.63. The molecule has 2 amide bonds. The van der Waals surface area contributed by atoms with E-state index in [1.54, 1.807) is 4.90 Å². The van der Waals surface area contributed by atoms with Crippen LogP contribution in [-0.4, -0.2) is 56.0 Å². The predicted molar refractivity (Wildman–Crippen MR) is 123 cm³/mol. The van der Waals surface area contributed by atoms with Crippen molar-refractivity contribution in [2.24, 2.45) is 11.8 Å². The summed E-state index contributed by atoms with van der Waals surface area (Å²) in [5.41, 5.74) is 2.80. The summed E-state index contributed by atoms with van der Waals surface area (Å²) < 4.78 is 0. The average Bonchev–Trinajstić information content (AvgIpc) is 3.53. The summed E-state index contributed by atoms with van der Waals surface area (Å²) >= 11 is 0. The van der Waals surface area contributed by atoms with Gasteiger partial charge in [-0.05, 0) is 49.1 Å². The van der Waals surface area contributed by atoms with Crippen LogP contribution in [0.4, 0.5) is 17.1 Å². The van der Waals surface area contributed by atoms with Gasteiger partial charge in [-0.15, -0.1) is 0 Å². The lowest BCUT2D eigenvalue weighted by Gasteiger charge is -2.36. The Labute approximate surface area is 183 Å². The molecule has 2 saturated heterocycles. The van der Waals surface area contributed by atoms with Crippen LogP contribution in [0.5, 0.6) is 0 Å². The molecule has 3 aliphatic rings. The first-order chi connectivity index (χ1) is 15.2. The zero-order valence-electron chi connectivity index (χ0n) is 17.9. The molecule has 3 fully saturated rings. The molecule has 6 nitrogen and oxygen atoms in total. The lowest BCUT2D eigenvalue weighted by Crippen LogP contribution is -2.47. The van der Waals surface area contributed by atoms with E-state index in [1.165, 1.54) is 19.4 Å². The maximum absolute atomic E-state index is 12.9. The van der Waals surface area contributed by atoms with Gasteiger partial charge in [-0.3, -0.25) is 14.5 Å². The molecule has 2 aromatic rings. The van der Waals surface area contributed by atoms with E-state index in [2.05, 4.69) is 27.2 Å². The van der Waals surface area contributed by atoms with Crippen LogP contribution in [0.3, 0.4) is 0 Å². The number of benzene rings is 2. The molecule has 0 radical (unpaired) electrons. The fourth-order valence-electron chi connectivity index (χ4n) is 4.62. The van der Waals surface area contributed by atoms with Gasteiger partial charge in [0.05, 0.1) is 5.92 Å². The molecule has 2 aliphatic heterocycles. The normalized spacial score (nSPS) is 22.1. The maximum atomic E-state index is 12.9. The number of piperazine rings is 1. The summed E-state index contributed by atoms with van der Waals surface area (Å²) in [5.74, 6) is 0.523. The van der Waals surface area contributed by atoms with Gasteiger partial charge >= 0.3 is 0 Å². The quantitative estimate of drug-likeness (QED) is 0.783. The number of hydrogen-bond donors (Lipinski definition) is 1. The fourth-order valence-corrected chi connectivity index (χ4v) is 4.62. The molecule has 1 atom stereocenters. The number of hydrogen-bond acceptors (Lipinski definition) is 4. The molecule has 0 bridgehead atoms. The second kappa shape index (κ2) is 8.71. The third kappa shape index (κ3) is 4.74. The Hall–Kier alpha value is -2.86. The predicted octanol–water partition coefficient (Wildman–Crippen LogP) is 3.21. The molecule has 31 heavy (non-hydrogen) atoms.